The fraction of sp³-hybridized carbons (Fsp3) is 0.267. The molecule has 126 valence electrons. The normalized spacial score (nSPS) is 13.2. The molecule has 0 saturated carbocycles. The first kappa shape index (κ1) is 16.5. The number of alkyl halides is 3. The van der Waals surface area contributed by atoms with E-state index in [1.165, 1.54) is 6.07 Å². The van der Waals surface area contributed by atoms with Gasteiger partial charge in [-0.25, -0.2) is 0 Å². The number of halogens is 4. The average molecular weight is 356 g/mol. The van der Waals surface area contributed by atoms with E-state index in [-0.39, 0.29) is 11.7 Å². The average Bonchev–Trinajstić information content (AvgIpc) is 2.97. The second kappa shape index (κ2) is 5.94. The molecule has 2 heterocycles. The van der Waals surface area contributed by atoms with Crippen LogP contribution < -0.4 is 4.90 Å². The van der Waals surface area contributed by atoms with E-state index in [1.54, 1.807) is 30.1 Å². The van der Waals surface area contributed by atoms with Crippen molar-refractivity contribution in [3.05, 3.63) is 52.8 Å². The van der Waals surface area contributed by atoms with Gasteiger partial charge in [0.1, 0.15) is 5.82 Å². The molecule has 0 radical (unpaired) electrons. The lowest BCUT2D eigenvalue weighted by Gasteiger charge is -2.26. The summed E-state index contributed by atoms with van der Waals surface area (Å²) in [7, 11) is 1.76. The SMILES string of the molecule is CC(c1ccc(Cl)cc1)N(C)c1ccc2nnc(C(F)(F)F)n2n1. The van der Waals surface area contributed by atoms with Crippen molar-refractivity contribution in [2.75, 3.05) is 11.9 Å². The van der Waals surface area contributed by atoms with Crippen molar-refractivity contribution >= 4 is 23.1 Å². The maximum absolute atomic E-state index is 13.0. The lowest BCUT2D eigenvalue weighted by Crippen LogP contribution is -2.24. The summed E-state index contributed by atoms with van der Waals surface area (Å²) in [5.74, 6) is -0.776. The third-order valence-corrected chi connectivity index (χ3v) is 4.05. The number of hydrogen-bond donors (Lipinski definition) is 0. The Morgan fingerprint density at radius 1 is 1.08 bits per heavy atom. The van der Waals surface area contributed by atoms with Crippen molar-refractivity contribution in [3.8, 4) is 0 Å². The molecule has 0 N–H and O–H groups in total. The lowest BCUT2D eigenvalue weighted by molar-refractivity contribution is -0.146. The van der Waals surface area contributed by atoms with Gasteiger partial charge in [-0.1, -0.05) is 23.7 Å². The molecule has 0 amide bonds. The van der Waals surface area contributed by atoms with Crippen LogP contribution in [-0.2, 0) is 6.18 Å². The molecule has 1 atom stereocenters. The maximum Gasteiger partial charge on any atom is 0.453 e. The van der Waals surface area contributed by atoms with Crippen molar-refractivity contribution in [2.24, 2.45) is 0 Å². The van der Waals surface area contributed by atoms with Gasteiger partial charge in [0.15, 0.2) is 5.65 Å². The largest absolute Gasteiger partial charge is 0.453 e. The molecule has 0 aliphatic heterocycles. The van der Waals surface area contributed by atoms with Gasteiger partial charge in [-0.15, -0.1) is 15.3 Å². The molecular weight excluding hydrogens is 343 g/mol. The highest BCUT2D eigenvalue weighted by atomic mass is 35.5. The molecule has 0 saturated heterocycles. The van der Waals surface area contributed by atoms with E-state index in [4.69, 9.17) is 11.6 Å². The summed E-state index contributed by atoms with van der Waals surface area (Å²) in [5, 5.41) is 11.3. The van der Waals surface area contributed by atoms with Crippen LogP contribution in [0.2, 0.25) is 5.02 Å². The maximum atomic E-state index is 13.0. The fourth-order valence-electron chi connectivity index (χ4n) is 2.31. The number of fused-ring (bicyclic) bond motifs is 1. The topological polar surface area (TPSA) is 46.3 Å². The quantitative estimate of drug-likeness (QED) is 0.712. The molecule has 9 heteroatoms. The Morgan fingerprint density at radius 3 is 2.38 bits per heavy atom. The van der Waals surface area contributed by atoms with Crippen molar-refractivity contribution in [3.63, 3.8) is 0 Å². The van der Waals surface area contributed by atoms with Gasteiger partial charge in [-0.2, -0.15) is 17.7 Å². The second-order valence-electron chi connectivity index (χ2n) is 5.32. The van der Waals surface area contributed by atoms with Crippen LogP contribution in [-0.4, -0.2) is 26.9 Å². The summed E-state index contributed by atoms with van der Waals surface area (Å²) < 4.78 is 39.6. The zero-order valence-corrected chi connectivity index (χ0v) is 13.5. The molecule has 2 aromatic heterocycles. The zero-order chi connectivity index (χ0) is 17.5. The molecule has 0 bridgehead atoms. The van der Waals surface area contributed by atoms with Crippen molar-refractivity contribution in [1.29, 1.82) is 0 Å². The smallest absolute Gasteiger partial charge is 0.351 e. The van der Waals surface area contributed by atoms with Crippen LogP contribution in [0, 0.1) is 0 Å². The summed E-state index contributed by atoms with van der Waals surface area (Å²) in [5.41, 5.74) is 1.00. The zero-order valence-electron chi connectivity index (χ0n) is 12.8. The Kier molecular flexibility index (Phi) is 4.08. The van der Waals surface area contributed by atoms with Gasteiger partial charge in [0, 0.05) is 12.1 Å². The third-order valence-electron chi connectivity index (χ3n) is 3.80. The summed E-state index contributed by atoms with van der Waals surface area (Å²) in [6.45, 7) is 1.92. The van der Waals surface area contributed by atoms with Gasteiger partial charge in [0.25, 0.3) is 5.82 Å². The van der Waals surface area contributed by atoms with E-state index in [9.17, 15) is 13.2 Å². The molecule has 1 unspecified atom stereocenters. The van der Waals surface area contributed by atoms with Crippen molar-refractivity contribution in [1.82, 2.24) is 19.8 Å². The van der Waals surface area contributed by atoms with Crippen LogP contribution in [0.15, 0.2) is 36.4 Å². The standard InChI is InChI=1S/C15H13ClF3N5/c1-9(10-3-5-11(16)6-4-10)23(2)13-8-7-12-20-21-14(15(17,18)19)24(12)22-13/h3-9H,1-2H3. The molecule has 0 aliphatic carbocycles. The van der Waals surface area contributed by atoms with Crippen LogP contribution in [0.25, 0.3) is 5.65 Å². The number of aromatic nitrogens is 4. The Morgan fingerprint density at radius 2 is 1.75 bits per heavy atom. The Bertz CT molecular complexity index is 860. The van der Waals surface area contributed by atoms with Crippen LogP contribution in [0.5, 0.6) is 0 Å². The molecule has 3 aromatic rings. The first-order valence-corrected chi connectivity index (χ1v) is 7.43. The van der Waals surface area contributed by atoms with Crippen molar-refractivity contribution in [2.45, 2.75) is 19.1 Å². The van der Waals surface area contributed by atoms with E-state index in [0.717, 1.165) is 5.56 Å². The minimum atomic E-state index is -4.62. The van der Waals surface area contributed by atoms with Crippen LogP contribution in [0.3, 0.4) is 0 Å². The molecule has 5 nitrogen and oxygen atoms in total. The number of rotatable bonds is 3. The summed E-state index contributed by atoms with van der Waals surface area (Å²) >= 11 is 5.88. The van der Waals surface area contributed by atoms with Gasteiger partial charge < -0.3 is 4.90 Å². The molecule has 0 spiro atoms. The van der Waals surface area contributed by atoms with E-state index >= 15 is 0 Å². The molecule has 24 heavy (non-hydrogen) atoms. The van der Waals surface area contributed by atoms with Crippen LogP contribution >= 0.6 is 11.6 Å². The highest BCUT2D eigenvalue weighted by Crippen LogP contribution is 2.29. The summed E-state index contributed by atoms with van der Waals surface area (Å²) in [6, 6.07) is 10.2. The predicted octanol–water partition coefficient (Wildman–Crippen LogP) is 3.99. The Balaban J connectivity index is 1.97. The molecule has 0 aliphatic rings. The predicted molar refractivity (Wildman–Crippen MR) is 84.1 cm³/mol. The van der Waals surface area contributed by atoms with E-state index in [2.05, 4.69) is 15.3 Å². The first-order valence-electron chi connectivity index (χ1n) is 7.05. The van der Waals surface area contributed by atoms with Gasteiger partial charge in [0.05, 0.1) is 6.04 Å². The van der Waals surface area contributed by atoms with E-state index < -0.39 is 12.0 Å². The molecular formula is C15H13ClF3N5. The molecule has 0 fully saturated rings. The van der Waals surface area contributed by atoms with Crippen molar-refractivity contribution < 1.29 is 13.2 Å². The minimum Gasteiger partial charge on any atom is -0.351 e. The van der Waals surface area contributed by atoms with E-state index in [1.807, 2.05) is 19.1 Å². The highest BCUT2D eigenvalue weighted by Gasteiger charge is 2.37. The third kappa shape index (κ3) is 3.01. The highest BCUT2D eigenvalue weighted by molar-refractivity contribution is 6.30. The number of nitrogens with zero attached hydrogens (tertiary/aromatic N) is 5. The number of hydrogen-bond acceptors (Lipinski definition) is 4. The molecule has 3 rings (SSSR count). The first-order chi connectivity index (χ1) is 11.3. The monoisotopic (exact) mass is 355 g/mol. The number of anilines is 1. The van der Waals surface area contributed by atoms with Gasteiger partial charge in [0.2, 0.25) is 0 Å². The lowest BCUT2D eigenvalue weighted by atomic mass is 10.1. The van der Waals surface area contributed by atoms with Crippen LogP contribution in [0.4, 0.5) is 19.0 Å². The van der Waals surface area contributed by atoms with E-state index in [0.29, 0.717) is 15.4 Å². The Hall–Kier alpha value is -2.35. The molecule has 1 aromatic carbocycles. The summed E-state index contributed by atoms with van der Waals surface area (Å²) in [4.78, 5) is 1.77. The fourth-order valence-corrected chi connectivity index (χ4v) is 2.43. The number of benzene rings is 1. The van der Waals surface area contributed by atoms with Gasteiger partial charge in [-0.3, -0.25) is 0 Å². The van der Waals surface area contributed by atoms with Gasteiger partial charge in [-0.05, 0) is 36.8 Å². The second-order valence-corrected chi connectivity index (χ2v) is 5.76. The van der Waals surface area contributed by atoms with Crippen LogP contribution in [0.1, 0.15) is 24.4 Å². The Labute approximate surface area is 140 Å². The minimum absolute atomic E-state index is 0.0404. The van der Waals surface area contributed by atoms with Gasteiger partial charge >= 0.3 is 6.18 Å². The summed E-state index contributed by atoms with van der Waals surface area (Å²) in [6.07, 6.45) is -4.62.